The molecule has 1 aliphatic rings. The Morgan fingerprint density at radius 3 is 1.42 bits per heavy atom. The number of hydrogen-bond acceptors (Lipinski definition) is 8. The lowest BCUT2D eigenvalue weighted by molar-refractivity contribution is 0.124. The molecule has 1 heterocycles. The van der Waals surface area contributed by atoms with Crippen molar-refractivity contribution in [3.05, 3.63) is 0 Å². The number of ether oxygens (including phenoxy) is 1. The Morgan fingerprint density at radius 2 is 1.24 bits per heavy atom. The molecule has 204 valence electrons. The first kappa shape index (κ1) is 38.0. The summed E-state index contributed by atoms with van der Waals surface area (Å²) in [4.78, 5) is 8.69. The summed E-state index contributed by atoms with van der Waals surface area (Å²) in [5.74, 6) is 0. The minimum atomic E-state index is -2.65. The van der Waals surface area contributed by atoms with Gasteiger partial charge in [0.1, 0.15) is 0 Å². The zero-order valence-electron chi connectivity index (χ0n) is 22.2. The Bertz CT molecular complexity index is 572. The molecule has 3 unspecified atom stereocenters. The number of aliphatic hydroxyl groups is 2. The third kappa shape index (κ3) is 25.4. The standard InChI is InChI=1S/2C7H17O3P.C4H11O2P.C3H6O/c1-4-11(9,5-2)10-6-7(3)8;1-4-11(9,5-2)10-7(3)6-8;1-3-7(5,6)4-2;1-3-2-4-3/h2*7-8H,4-6H2,1-3H3;3-4H2,1-2H3,(H,5,6);3H,2H2,1H3. The monoisotopic (exact) mass is 540 g/mol. The highest BCUT2D eigenvalue weighted by atomic mass is 31.2. The summed E-state index contributed by atoms with van der Waals surface area (Å²) in [5.41, 5.74) is 0. The summed E-state index contributed by atoms with van der Waals surface area (Å²) in [6.07, 6.45) is 2.77. The summed E-state index contributed by atoms with van der Waals surface area (Å²) in [6.45, 7) is 17.3. The maximum Gasteiger partial charge on any atom is 0.202 e. The van der Waals surface area contributed by atoms with E-state index in [0.29, 0.717) is 43.1 Å². The second-order valence-corrected chi connectivity index (χ2v) is 17.0. The Balaban J connectivity index is -0.000000383. The molecule has 1 aliphatic heterocycles. The topological polar surface area (TPSA) is 143 Å². The van der Waals surface area contributed by atoms with Crippen LogP contribution < -0.4 is 0 Å². The average Bonchev–Trinajstić information content (AvgIpc) is 3.60. The summed E-state index contributed by atoms with van der Waals surface area (Å²) in [5, 5.41) is 17.5. The highest BCUT2D eigenvalue weighted by Crippen LogP contribution is 2.47. The summed E-state index contributed by atoms with van der Waals surface area (Å²) < 4.78 is 48.6. The molecule has 0 spiro atoms. The lowest BCUT2D eigenvalue weighted by atomic mass is 10.5. The molecule has 1 fully saturated rings. The van der Waals surface area contributed by atoms with E-state index in [9.17, 15) is 13.7 Å². The van der Waals surface area contributed by atoms with Crippen molar-refractivity contribution in [1.82, 2.24) is 0 Å². The SMILES string of the molecule is CC1CO1.CCP(=O)(CC)OC(C)CO.CCP(=O)(CC)OCC(C)O.CCP(=O)(O)CC. The van der Waals surface area contributed by atoms with Crippen LogP contribution in [0.3, 0.4) is 0 Å². The van der Waals surface area contributed by atoms with Gasteiger partial charge in [-0.15, -0.1) is 0 Å². The van der Waals surface area contributed by atoms with Crippen molar-refractivity contribution in [3.8, 4) is 0 Å². The normalized spacial score (nSPS) is 17.3. The van der Waals surface area contributed by atoms with Crippen LogP contribution in [0.5, 0.6) is 0 Å². The fraction of sp³-hybridized carbons (Fsp3) is 1.00. The molecule has 0 aromatic heterocycles. The van der Waals surface area contributed by atoms with Crippen LogP contribution in [0.1, 0.15) is 62.3 Å². The van der Waals surface area contributed by atoms with Gasteiger partial charge in [0.25, 0.3) is 0 Å². The minimum absolute atomic E-state index is 0.0655. The predicted octanol–water partition coefficient (Wildman–Crippen LogP) is 5.11. The third-order valence-electron chi connectivity index (χ3n) is 4.60. The van der Waals surface area contributed by atoms with Crippen LogP contribution >= 0.6 is 22.1 Å². The zero-order valence-corrected chi connectivity index (χ0v) is 24.9. The molecule has 0 radical (unpaired) electrons. The van der Waals surface area contributed by atoms with E-state index in [1.807, 2.05) is 27.7 Å². The molecule has 0 aromatic carbocycles. The van der Waals surface area contributed by atoms with Crippen molar-refractivity contribution in [2.24, 2.45) is 0 Å². The van der Waals surface area contributed by atoms with Gasteiger partial charge in [-0.3, -0.25) is 13.7 Å². The molecule has 0 amide bonds. The molecule has 1 saturated heterocycles. The maximum absolute atomic E-state index is 11.6. The first-order valence-corrected chi connectivity index (χ1v) is 17.9. The Labute approximate surface area is 202 Å². The van der Waals surface area contributed by atoms with E-state index < -0.39 is 28.2 Å². The van der Waals surface area contributed by atoms with Gasteiger partial charge in [-0.1, -0.05) is 41.5 Å². The minimum Gasteiger partial charge on any atom is -0.394 e. The van der Waals surface area contributed by atoms with Crippen molar-refractivity contribution in [2.45, 2.75) is 80.6 Å². The van der Waals surface area contributed by atoms with Gasteiger partial charge >= 0.3 is 0 Å². The van der Waals surface area contributed by atoms with E-state index >= 15 is 0 Å². The Morgan fingerprint density at radius 1 is 0.879 bits per heavy atom. The van der Waals surface area contributed by atoms with E-state index in [4.69, 9.17) is 28.9 Å². The number of aliphatic hydroxyl groups excluding tert-OH is 2. The summed E-state index contributed by atoms with van der Waals surface area (Å²) in [6, 6.07) is 0. The van der Waals surface area contributed by atoms with Crippen LogP contribution in [0, 0.1) is 0 Å². The van der Waals surface area contributed by atoms with Gasteiger partial charge < -0.3 is 28.9 Å². The lowest BCUT2D eigenvalue weighted by Crippen LogP contribution is -2.12. The summed E-state index contributed by atoms with van der Waals surface area (Å²) >= 11 is 0. The fourth-order valence-corrected chi connectivity index (χ4v) is 4.92. The van der Waals surface area contributed by atoms with Crippen molar-refractivity contribution < 1.29 is 42.6 Å². The van der Waals surface area contributed by atoms with Crippen LogP contribution in [-0.2, 0) is 27.5 Å². The molecular weight excluding hydrogens is 489 g/mol. The highest BCUT2D eigenvalue weighted by molar-refractivity contribution is 7.59. The molecule has 3 atom stereocenters. The maximum atomic E-state index is 11.6. The van der Waals surface area contributed by atoms with E-state index in [-0.39, 0.29) is 19.3 Å². The van der Waals surface area contributed by atoms with E-state index in [1.54, 1.807) is 27.7 Å². The number of epoxide rings is 1. The van der Waals surface area contributed by atoms with Crippen molar-refractivity contribution >= 4 is 22.1 Å². The second-order valence-electron chi connectivity index (χ2n) is 7.76. The first-order valence-electron chi connectivity index (χ1n) is 11.8. The molecule has 1 rings (SSSR count). The van der Waals surface area contributed by atoms with Crippen LogP contribution in [0.25, 0.3) is 0 Å². The van der Waals surface area contributed by atoms with Gasteiger partial charge in [-0.05, 0) is 20.8 Å². The van der Waals surface area contributed by atoms with Gasteiger partial charge in [-0.25, -0.2) is 0 Å². The van der Waals surface area contributed by atoms with Gasteiger partial charge in [0.2, 0.25) is 14.7 Å². The van der Waals surface area contributed by atoms with E-state index in [2.05, 4.69) is 6.92 Å². The quantitative estimate of drug-likeness (QED) is 0.227. The van der Waals surface area contributed by atoms with Gasteiger partial charge in [0, 0.05) is 37.0 Å². The van der Waals surface area contributed by atoms with Gasteiger partial charge in [0.15, 0.2) is 7.37 Å². The molecule has 0 aromatic rings. The second kappa shape index (κ2) is 20.6. The van der Waals surface area contributed by atoms with Gasteiger partial charge in [0.05, 0.1) is 38.1 Å². The average molecular weight is 541 g/mol. The smallest absolute Gasteiger partial charge is 0.202 e. The molecule has 0 saturated carbocycles. The molecular formula is C21H51O9P3. The fourth-order valence-electron chi connectivity index (χ4n) is 1.70. The zero-order chi connectivity index (χ0) is 26.7. The van der Waals surface area contributed by atoms with Crippen LogP contribution in [0.2, 0.25) is 0 Å². The Kier molecular flexibility index (Phi) is 23.7. The molecule has 12 heteroatoms. The number of rotatable bonds is 12. The molecule has 33 heavy (non-hydrogen) atoms. The number of hydrogen-bond donors (Lipinski definition) is 3. The Hall–Kier alpha value is 0.450. The largest absolute Gasteiger partial charge is 0.394 e. The van der Waals surface area contributed by atoms with Gasteiger partial charge in [-0.2, -0.15) is 0 Å². The molecule has 3 N–H and O–H groups in total. The molecule has 9 nitrogen and oxygen atoms in total. The van der Waals surface area contributed by atoms with Crippen LogP contribution in [-0.4, -0.2) is 90.2 Å². The summed E-state index contributed by atoms with van der Waals surface area (Å²) in [7, 11) is -7.46. The highest BCUT2D eigenvalue weighted by Gasteiger charge is 2.20. The van der Waals surface area contributed by atoms with Crippen molar-refractivity contribution in [3.63, 3.8) is 0 Å². The predicted molar refractivity (Wildman–Crippen MR) is 139 cm³/mol. The van der Waals surface area contributed by atoms with Crippen LogP contribution in [0.4, 0.5) is 0 Å². The lowest BCUT2D eigenvalue weighted by Gasteiger charge is -2.18. The van der Waals surface area contributed by atoms with Crippen LogP contribution in [0.15, 0.2) is 0 Å². The van der Waals surface area contributed by atoms with E-state index in [0.717, 1.165) is 6.61 Å². The molecule has 0 aliphatic carbocycles. The van der Waals surface area contributed by atoms with E-state index in [1.165, 1.54) is 0 Å². The third-order valence-corrected chi connectivity index (χ3v) is 11.8. The van der Waals surface area contributed by atoms with Crippen molar-refractivity contribution in [1.29, 1.82) is 0 Å². The molecule has 0 bridgehead atoms. The van der Waals surface area contributed by atoms with Crippen molar-refractivity contribution in [2.75, 3.05) is 56.8 Å². The first-order chi connectivity index (χ1) is 15.1.